The number of hydrogen-bond acceptors (Lipinski definition) is 4. The maximum absolute atomic E-state index is 12.3. The topological polar surface area (TPSA) is 85.8 Å². The second-order valence-corrected chi connectivity index (χ2v) is 6.85. The number of nitrogen functional groups attached to an aromatic ring is 1. The Labute approximate surface area is 163 Å². The number of hydrogen-bond donors (Lipinski definition) is 2. The highest BCUT2D eigenvalue weighted by Gasteiger charge is 2.15. The number of nitrogens with two attached hydrogens (primary N) is 1. The normalized spacial score (nSPS) is 10.9. The van der Waals surface area contributed by atoms with Crippen molar-refractivity contribution < 1.29 is 4.79 Å². The van der Waals surface area contributed by atoms with E-state index in [1.807, 2.05) is 73.3 Å². The number of nitrogens with one attached hydrogen (secondary N) is 1. The molecule has 0 atom stereocenters. The number of aromatic nitrogens is 3. The van der Waals surface area contributed by atoms with Crippen LogP contribution in [0.1, 0.15) is 11.1 Å². The van der Waals surface area contributed by atoms with E-state index < -0.39 is 0 Å². The van der Waals surface area contributed by atoms with Gasteiger partial charge in [0.2, 0.25) is 5.91 Å². The minimum absolute atomic E-state index is 0.0406. The van der Waals surface area contributed by atoms with Gasteiger partial charge >= 0.3 is 0 Å². The molecule has 0 spiro atoms. The molecule has 0 unspecified atom stereocenters. The van der Waals surface area contributed by atoms with Crippen molar-refractivity contribution in [3.63, 3.8) is 0 Å². The fourth-order valence-electron chi connectivity index (χ4n) is 3.47. The third-order valence-corrected chi connectivity index (χ3v) is 4.79. The fraction of sp³-hybridized carbons (Fsp3) is 0.136. The summed E-state index contributed by atoms with van der Waals surface area (Å²) in [6, 6.07) is 15.6. The SMILES string of the molecule is Cc1cc(NC(=O)Cc2ccccc2)ccc1-c1cn(C)c2ncnc(N)c12. The molecule has 0 bridgehead atoms. The second kappa shape index (κ2) is 7.15. The maximum Gasteiger partial charge on any atom is 0.228 e. The van der Waals surface area contributed by atoms with Crippen LogP contribution in [0.2, 0.25) is 0 Å². The van der Waals surface area contributed by atoms with E-state index in [1.54, 1.807) is 0 Å². The van der Waals surface area contributed by atoms with Crippen molar-refractivity contribution in [2.75, 3.05) is 11.1 Å². The number of aryl methyl sites for hydroxylation is 2. The van der Waals surface area contributed by atoms with Gasteiger partial charge in [-0.25, -0.2) is 9.97 Å². The minimum atomic E-state index is -0.0406. The lowest BCUT2D eigenvalue weighted by molar-refractivity contribution is -0.115. The van der Waals surface area contributed by atoms with Crippen LogP contribution in [0.5, 0.6) is 0 Å². The summed E-state index contributed by atoms with van der Waals surface area (Å²) in [5.74, 6) is 0.418. The summed E-state index contributed by atoms with van der Waals surface area (Å²) in [7, 11) is 1.94. The van der Waals surface area contributed by atoms with Gasteiger partial charge in [0, 0.05) is 24.5 Å². The summed E-state index contributed by atoms with van der Waals surface area (Å²) >= 11 is 0. The van der Waals surface area contributed by atoms with E-state index >= 15 is 0 Å². The summed E-state index contributed by atoms with van der Waals surface area (Å²) in [5, 5.41) is 3.81. The van der Waals surface area contributed by atoms with Crippen LogP contribution < -0.4 is 11.1 Å². The minimum Gasteiger partial charge on any atom is -0.383 e. The Balaban J connectivity index is 1.61. The van der Waals surface area contributed by atoms with Gasteiger partial charge in [0.25, 0.3) is 0 Å². The molecule has 4 rings (SSSR count). The summed E-state index contributed by atoms with van der Waals surface area (Å²) in [6.07, 6.45) is 3.82. The van der Waals surface area contributed by atoms with Crippen LogP contribution in [0.25, 0.3) is 22.2 Å². The van der Waals surface area contributed by atoms with E-state index in [4.69, 9.17) is 5.73 Å². The fourth-order valence-corrected chi connectivity index (χ4v) is 3.47. The van der Waals surface area contributed by atoms with E-state index in [1.165, 1.54) is 6.33 Å². The number of nitrogens with zero attached hydrogens (tertiary/aromatic N) is 3. The third-order valence-electron chi connectivity index (χ3n) is 4.79. The highest BCUT2D eigenvalue weighted by molar-refractivity contribution is 6.01. The molecule has 6 nitrogen and oxygen atoms in total. The first-order valence-corrected chi connectivity index (χ1v) is 9.03. The highest BCUT2D eigenvalue weighted by Crippen LogP contribution is 2.34. The molecule has 3 N–H and O–H groups in total. The molecular formula is C22H21N5O. The molecule has 6 heteroatoms. The number of rotatable bonds is 4. The first-order chi connectivity index (χ1) is 13.5. The molecule has 2 aromatic carbocycles. The zero-order valence-electron chi connectivity index (χ0n) is 15.8. The highest BCUT2D eigenvalue weighted by atomic mass is 16.1. The predicted octanol–water partition coefficient (Wildman–Crippen LogP) is 3.71. The van der Waals surface area contributed by atoms with E-state index in [2.05, 4.69) is 15.3 Å². The molecule has 0 aliphatic rings. The summed E-state index contributed by atoms with van der Waals surface area (Å²) in [5.41, 5.74) is 11.7. The molecule has 2 aromatic heterocycles. The molecule has 28 heavy (non-hydrogen) atoms. The molecule has 0 aliphatic heterocycles. The van der Waals surface area contributed by atoms with Gasteiger partial charge in [-0.05, 0) is 35.7 Å². The average Bonchev–Trinajstić information content (AvgIpc) is 3.00. The van der Waals surface area contributed by atoms with Gasteiger partial charge in [0.1, 0.15) is 17.8 Å². The van der Waals surface area contributed by atoms with E-state index in [0.717, 1.165) is 39.0 Å². The van der Waals surface area contributed by atoms with Gasteiger partial charge in [-0.1, -0.05) is 36.4 Å². The number of carbonyl (C=O) groups excluding carboxylic acids is 1. The third kappa shape index (κ3) is 3.32. The maximum atomic E-state index is 12.3. The lowest BCUT2D eigenvalue weighted by atomic mass is 10.00. The van der Waals surface area contributed by atoms with Gasteiger partial charge < -0.3 is 15.6 Å². The Kier molecular flexibility index (Phi) is 4.53. The van der Waals surface area contributed by atoms with Crippen molar-refractivity contribution in [1.82, 2.24) is 14.5 Å². The number of benzene rings is 2. The Morgan fingerprint density at radius 2 is 1.89 bits per heavy atom. The molecule has 0 saturated heterocycles. The van der Waals surface area contributed by atoms with Crippen LogP contribution >= 0.6 is 0 Å². The number of fused-ring (bicyclic) bond motifs is 1. The van der Waals surface area contributed by atoms with Crippen molar-refractivity contribution in [3.05, 3.63) is 72.2 Å². The average molecular weight is 371 g/mol. The molecule has 0 aliphatic carbocycles. The molecule has 140 valence electrons. The largest absolute Gasteiger partial charge is 0.383 e. The molecule has 4 aromatic rings. The first kappa shape index (κ1) is 17.7. The van der Waals surface area contributed by atoms with E-state index in [0.29, 0.717) is 12.2 Å². The van der Waals surface area contributed by atoms with Crippen molar-refractivity contribution in [2.45, 2.75) is 13.3 Å². The van der Waals surface area contributed by atoms with Crippen LogP contribution in [0.15, 0.2) is 61.1 Å². The van der Waals surface area contributed by atoms with E-state index in [9.17, 15) is 4.79 Å². The molecule has 0 fully saturated rings. The van der Waals surface area contributed by atoms with E-state index in [-0.39, 0.29) is 5.91 Å². The molecule has 0 saturated carbocycles. The van der Waals surface area contributed by atoms with Crippen LogP contribution in [-0.2, 0) is 18.3 Å². The molecular weight excluding hydrogens is 350 g/mol. The van der Waals surface area contributed by atoms with Gasteiger partial charge in [-0.2, -0.15) is 0 Å². The lowest BCUT2D eigenvalue weighted by Crippen LogP contribution is -2.14. The van der Waals surface area contributed by atoms with Crippen molar-refractivity contribution in [2.24, 2.45) is 7.05 Å². The number of amides is 1. The predicted molar refractivity (Wildman–Crippen MR) is 112 cm³/mol. The summed E-state index contributed by atoms with van der Waals surface area (Å²) in [4.78, 5) is 20.8. The Morgan fingerprint density at radius 3 is 2.64 bits per heavy atom. The monoisotopic (exact) mass is 371 g/mol. The Morgan fingerprint density at radius 1 is 1.11 bits per heavy atom. The Hall–Kier alpha value is -3.67. The summed E-state index contributed by atoms with van der Waals surface area (Å²) in [6.45, 7) is 2.01. The molecule has 1 amide bonds. The van der Waals surface area contributed by atoms with Crippen molar-refractivity contribution in [1.29, 1.82) is 0 Å². The smallest absolute Gasteiger partial charge is 0.228 e. The van der Waals surface area contributed by atoms with Gasteiger partial charge in [-0.3, -0.25) is 4.79 Å². The van der Waals surface area contributed by atoms with Crippen LogP contribution in [0.4, 0.5) is 11.5 Å². The zero-order chi connectivity index (χ0) is 19.7. The van der Waals surface area contributed by atoms with Crippen molar-refractivity contribution >= 4 is 28.4 Å². The number of carbonyl (C=O) groups is 1. The summed E-state index contributed by atoms with van der Waals surface area (Å²) < 4.78 is 1.94. The first-order valence-electron chi connectivity index (χ1n) is 9.03. The van der Waals surface area contributed by atoms with Gasteiger partial charge in [0.15, 0.2) is 0 Å². The van der Waals surface area contributed by atoms with Crippen LogP contribution in [0, 0.1) is 6.92 Å². The van der Waals surface area contributed by atoms with Gasteiger partial charge in [0.05, 0.1) is 11.8 Å². The van der Waals surface area contributed by atoms with Gasteiger partial charge in [-0.15, -0.1) is 0 Å². The zero-order valence-corrected chi connectivity index (χ0v) is 15.8. The molecule has 2 heterocycles. The standard InChI is InChI=1S/C22H21N5O/c1-14-10-16(26-19(28)11-15-6-4-3-5-7-15)8-9-17(14)18-12-27(2)22-20(18)21(23)24-13-25-22/h3-10,12-13H,11H2,1-2H3,(H,26,28)(H2,23,24,25). The van der Waals surface area contributed by atoms with Crippen molar-refractivity contribution in [3.8, 4) is 11.1 Å². The number of anilines is 2. The molecule has 0 radical (unpaired) electrons. The quantitative estimate of drug-likeness (QED) is 0.573. The second-order valence-electron chi connectivity index (χ2n) is 6.85. The van der Waals surface area contributed by atoms with Crippen LogP contribution in [-0.4, -0.2) is 20.4 Å². The van der Waals surface area contributed by atoms with Crippen LogP contribution in [0.3, 0.4) is 0 Å². The lowest BCUT2D eigenvalue weighted by Gasteiger charge is -2.10. The Bertz CT molecular complexity index is 1160.